The van der Waals surface area contributed by atoms with Gasteiger partial charge >= 0.3 is 0 Å². The summed E-state index contributed by atoms with van der Waals surface area (Å²) in [4.78, 5) is 23.2. The molecule has 2 aromatic carbocycles. The van der Waals surface area contributed by atoms with Crippen molar-refractivity contribution < 1.29 is 9.53 Å². The summed E-state index contributed by atoms with van der Waals surface area (Å²) in [7, 11) is 3.31. The Morgan fingerprint density at radius 2 is 1.90 bits per heavy atom. The van der Waals surface area contributed by atoms with E-state index in [0.29, 0.717) is 22.6 Å². The molecular formula is C23H19N5O2. The fourth-order valence-corrected chi connectivity index (χ4v) is 3.30. The molecule has 2 aromatic heterocycles. The minimum Gasteiger partial charge on any atom is -0.497 e. The van der Waals surface area contributed by atoms with Gasteiger partial charge in [0.15, 0.2) is 5.65 Å². The zero-order valence-electron chi connectivity index (χ0n) is 16.8. The molecule has 0 atom stereocenters. The van der Waals surface area contributed by atoms with E-state index in [2.05, 4.69) is 16.0 Å². The highest BCUT2D eigenvalue weighted by atomic mass is 16.5. The van der Waals surface area contributed by atoms with E-state index in [-0.39, 0.29) is 5.91 Å². The minimum atomic E-state index is -0.257. The van der Waals surface area contributed by atoms with Crippen molar-refractivity contribution in [1.82, 2.24) is 14.4 Å². The molecule has 1 amide bonds. The number of carbonyl (C=O) groups is 1. The average Bonchev–Trinajstić information content (AvgIpc) is 3.21. The summed E-state index contributed by atoms with van der Waals surface area (Å²) in [6.07, 6.45) is 5.05. The van der Waals surface area contributed by atoms with Gasteiger partial charge in [-0.3, -0.25) is 9.20 Å². The number of methoxy groups -OCH3 is 1. The first-order valence-corrected chi connectivity index (χ1v) is 9.28. The van der Waals surface area contributed by atoms with Crippen LogP contribution < -0.4 is 9.64 Å². The monoisotopic (exact) mass is 397 g/mol. The lowest BCUT2D eigenvalue weighted by Gasteiger charge is -2.17. The Morgan fingerprint density at radius 3 is 2.57 bits per heavy atom. The number of anilines is 1. The van der Waals surface area contributed by atoms with Gasteiger partial charge in [0, 0.05) is 24.5 Å². The second-order valence-electron chi connectivity index (χ2n) is 6.85. The first kappa shape index (κ1) is 19.2. The number of amides is 1. The van der Waals surface area contributed by atoms with Crippen LogP contribution in [0.1, 0.15) is 21.6 Å². The number of carbonyl (C=O) groups excluding carboxylic acids is 1. The van der Waals surface area contributed by atoms with Crippen LogP contribution in [0, 0.1) is 18.3 Å². The fraction of sp³-hybridized carbons (Fsp3) is 0.130. The van der Waals surface area contributed by atoms with Crippen LogP contribution in [-0.2, 0) is 0 Å². The van der Waals surface area contributed by atoms with Crippen LogP contribution in [0.3, 0.4) is 0 Å². The van der Waals surface area contributed by atoms with Gasteiger partial charge in [-0.25, -0.2) is 9.97 Å². The molecule has 0 spiro atoms. The van der Waals surface area contributed by atoms with Gasteiger partial charge in [-0.05, 0) is 55.0 Å². The number of benzene rings is 2. The van der Waals surface area contributed by atoms with Gasteiger partial charge in [-0.15, -0.1) is 0 Å². The summed E-state index contributed by atoms with van der Waals surface area (Å²) in [6, 6.07) is 14.7. The predicted octanol–water partition coefficient (Wildman–Crippen LogP) is 3.86. The zero-order valence-corrected chi connectivity index (χ0v) is 16.8. The molecule has 0 unspecified atom stereocenters. The molecule has 0 saturated heterocycles. The van der Waals surface area contributed by atoms with Crippen molar-refractivity contribution in [3.63, 3.8) is 0 Å². The van der Waals surface area contributed by atoms with Crippen LogP contribution in [0.2, 0.25) is 0 Å². The molecule has 7 nitrogen and oxygen atoms in total. The quantitative estimate of drug-likeness (QED) is 0.522. The van der Waals surface area contributed by atoms with Gasteiger partial charge in [0.25, 0.3) is 5.91 Å². The van der Waals surface area contributed by atoms with Gasteiger partial charge in [-0.2, -0.15) is 5.26 Å². The standard InChI is InChI=1S/C23H19N5O2/c1-15-10-18(30-3)8-9-19(15)21-12-26-22-13-25-20(14-28(21)22)23(29)27(2)17-6-4-16(11-24)5-7-17/h4-10,12-14H,1-3H3. The van der Waals surface area contributed by atoms with Crippen molar-refractivity contribution in [3.8, 4) is 23.1 Å². The predicted molar refractivity (Wildman–Crippen MR) is 114 cm³/mol. The second-order valence-corrected chi connectivity index (χ2v) is 6.85. The maximum absolute atomic E-state index is 13.0. The summed E-state index contributed by atoms with van der Waals surface area (Å²) in [5, 5.41) is 8.95. The molecule has 0 bridgehead atoms. The van der Waals surface area contributed by atoms with Crippen LogP contribution >= 0.6 is 0 Å². The van der Waals surface area contributed by atoms with Crippen LogP contribution in [-0.4, -0.2) is 34.4 Å². The summed E-state index contributed by atoms with van der Waals surface area (Å²) in [5.74, 6) is 0.527. The summed E-state index contributed by atoms with van der Waals surface area (Å²) >= 11 is 0. The maximum atomic E-state index is 13.0. The Kier molecular flexibility index (Phi) is 4.90. The van der Waals surface area contributed by atoms with Crippen LogP contribution in [0.4, 0.5) is 5.69 Å². The third-order valence-electron chi connectivity index (χ3n) is 5.01. The third-order valence-corrected chi connectivity index (χ3v) is 5.01. The van der Waals surface area contributed by atoms with E-state index in [1.807, 2.05) is 29.5 Å². The first-order chi connectivity index (χ1) is 14.5. The van der Waals surface area contributed by atoms with E-state index in [4.69, 9.17) is 10.00 Å². The molecule has 7 heteroatoms. The Balaban J connectivity index is 1.71. The van der Waals surface area contributed by atoms with Crippen LogP contribution in [0.15, 0.2) is 61.1 Å². The van der Waals surface area contributed by atoms with E-state index in [1.54, 1.807) is 57.0 Å². The molecule has 2 heterocycles. The lowest BCUT2D eigenvalue weighted by atomic mass is 10.1. The highest BCUT2D eigenvalue weighted by Gasteiger charge is 2.17. The number of fused-ring (bicyclic) bond motifs is 1. The van der Waals surface area contributed by atoms with Crippen molar-refractivity contribution in [2.24, 2.45) is 0 Å². The number of nitrogens with zero attached hydrogens (tertiary/aromatic N) is 5. The number of hydrogen-bond donors (Lipinski definition) is 0. The normalized spacial score (nSPS) is 10.6. The van der Waals surface area contributed by atoms with Gasteiger partial charge in [-0.1, -0.05) is 0 Å². The molecule has 0 radical (unpaired) electrons. The second kappa shape index (κ2) is 7.68. The van der Waals surface area contributed by atoms with E-state index >= 15 is 0 Å². The van der Waals surface area contributed by atoms with Gasteiger partial charge in [0.1, 0.15) is 11.4 Å². The third kappa shape index (κ3) is 3.35. The molecular weight excluding hydrogens is 378 g/mol. The average molecular weight is 397 g/mol. The van der Waals surface area contributed by atoms with Crippen LogP contribution in [0.25, 0.3) is 16.9 Å². The van der Waals surface area contributed by atoms with Gasteiger partial charge < -0.3 is 9.64 Å². The van der Waals surface area contributed by atoms with E-state index in [0.717, 1.165) is 22.6 Å². The SMILES string of the molecule is COc1ccc(-c2cnc3cnc(C(=O)N(C)c4ccc(C#N)cc4)cn23)c(C)c1. The summed E-state index contributed by atoms with van der Waals surface area (Å²) in [6.45, 7) is 2.00. The molecule has 4 rings (SSSR count). The Morgan fingerprint density at radius 1 is 1.13 bits per heavy atom. The fourth-order valence-electron chi connectivity index (χ4n) is 3.30. The maximum Gasteiger partial charge on any atom is 0.278 e. The highest BCUT2D eigenvalue weighted by Crippen LogP contribution is 2.27. The smallest absolute Gasteiger partial charge is 0.278 e. The molecule has 0 saturated carbocycles. The lowest BCUT2D eigenvalue weighted by molar-refractivity contribution is 0.0988. The molecule has 0 fully saturated rings. The largest absolute Gasteiger partial charge is 0.497 e. The number of imidazole rings is 1. The van der Waals surface area contributed by atoms with Crippen molar-refractivity contribution in [2.45, 2.75) is 6.92 Å². The molecule has 30 heavy (non-hydrogen) atoms. The molecule has 0 aliphatic heterocycles. The Bertz CT molecular complexity index is 1290. The number of aryl methyl sites for hydroxylation is 1. The first-order valence-electron chi connectivity index (χ1n) is 9.28. The molecule has 0 aliphatic rings. The number of rotatable bonds is 4. The summed E-state index contributed by atoms with van der Waals surface area (Å²) < 4.78 is 7.15. The van der Waals surface area contributed by atoms with Gasteiger partial charge in [0.05, 0.1) is 36.8 Å². The Labute approximate surface area is 173 Å². The van der Waals surface area contributed by atoms with Crippen molar-refractivity contribution >= 4 is 17.2 Å². The topological polar surface area (TPSA) is 83.5 Å². The minimum absolute atomic E-state index is 0.257. The molecule has 4 aromatic rings. The van der Waals surface area contributed by atoms with Crippen molar-refractivity contribution in [2.75, 3.05) is 19.1 Å². The van der Waals surface area contributed by atoms with E-state index in [9.17, 15) is 4.79 Å². The molecule has 0 aliphatic carbocycles. The number of nitriles is 1. The zero-order chi connectivity index (χ0) is 21.3. The van der Waals surface area contributed by atoms with E-state index in [1.165, 1.54) is 4.90 Å². The molecule has 0 N–H and O–H groups in total. The summed E-state index contributed by atoms with van der Waals surface area (Å²) in [5.41, 5.74) is 5.05. The van der Waals surface area contributed by atoms with Crippen molar-refractivity contribution in [1.29, 1.82) is 5.26 Å². The van der Waals surface area contributed by atoms with Crippen LogP contribution in [0.5, 0.6) is 5.75 Å². The number of ether oxygens (including phenoxy) is 1. The van der Waals surface area contributed by atoms with Crippen molar-refractivity contribution in [3.05, 3.63) is 77.9 Å². The highest BCUT2D eigenvalue weighted by molar-refractivity contribution is 6.04. The lowest BCUT2D eigenvalue weighted by Crippen LogP contribution is -2.27. The van der Waals surface area contributed by atoms with Gasteiger partial charge in [0.2, 0.25) is 0 Å². The molecule has 148 valence electrons. The number of hydrogen-bond acceptors (Lipinski definition) is 5. The number of aromatic nitrogens is 3. The van der Waals surface area contributed by atoms with E-state index < -0.39 is 0 Å². The Hall–Kier alpha value is -4.18.